The van der Waals surface area contributed by atoms with Crippen LogP contribution in [0.15, 0.2) is 71.3 Å². The molecule has 0 radical (unpaired) electrons. The van der Waals surface area contributed by atoms with E-state index in [1.54, 1.807) is 42.5 Å². The monoisotopic (exact) mass is 551 g/mol. The number of hydrogen-bond donors (Lipinski definition) is 1. The summed E-state index contributed by atoms with van der Waals surface area (Å²) in [5, 5.41) is 13.4. The highest BCUT2D eigenvalue weighted by molar-refractivity contribution is 8.05. The third kappa shape index (κ3) is 5.78. The smallest absolute Gasteiger partial charge is 0.269 e. The number of anilines is 2. The fraction of sp³-hybridized carbons (Fsp3) is 0.179. The summed E-state index contributed by atoms with van der Waals surface area (Å²) >= 11 is 13.5. The van der Waals surface area contributed by atoms with Crippen LogP contribution in [0.5, 0.6) is 5.75 Å². The highest BCUT2D eigenvalue weighted by atomic mass is 35.5. The Morgan fingerprint density at radius 1 is 1.08 bits per heavy atom. The molecule has 1 fully saturated rings. The molecule has 9 heteroatoms. The Morgan fingerprint density at radius 2 is 1.78 bits per heavy atom. The zero-order valence-corrected chi connectivity index (χ0v) is 22.7. The lowest BCUT2D eigenvalue weighted by Gasteiger charge is -2.20. The Kier molecular flexibility index (Phi) is 8.13. The molecule has 0 aliphatic carbocycles. The molecule has 1 saturated heterocycles. The maximum absolute atomic E-state index is 13.7. The molecule has 0 aromatic heterocycles. The van der Waals surface area contributed by atoms with Gasteiger partial charge in [0.2, 0.25) is 5.91 Å². The molecular formula is C28H23Cl2N3O3S. The highest BCUT2D eigenvalue weighted by Crippen LogP contribution is 2.43. The van der Waals surface area contributed by atoms with E-state index in [2.05, 4.69) is 5.32 Å². The van der Waals surface area contributed by atoms with Gasteiger partial charge in [0, 0.05) is 15.7 Å². The minimum absolute atomic E-state index is 0.172. The molecule has 0 bridgehead atoms. The summed E-state index contributed by atoms with van der Waals surface area (Å²) in [6, 6.07) is 19.7. The zero-order valence-electron chi connectivity index (χ0n) is 20.3. The van der Waals surface area contributed by atoms with Gasteiger partial charge in [-0.05, 0) is 79.4 Å². The van der Waals surface area contributed by atoms with Gasteiger partial charge in [0.25, 0.3) is 5.91 Å². The summed E-state index contributed by atoms with van der Waals surface area (Å²) in [4.78, 5) is 28.5. The van der Waals surface area contributed by atoms with Crippen molar-refractivity contribution in [3.05, 3.63) is 98.0 Å². The fourth-order valence-electron chi connectivity index (χ4n) is 3.96. The van der Waals surface area contributed by atoms with Crippen LogP contribution in [0.2, 0.25) is 10.0 Å². The third-order valence-corrected chi connectivity index (χ3v) is 7.65. The molecule has 3 aromatic carbocycles. The molecule has 2 amide bonds. The van der Waals surface area contributed by atoms with Crippen molar-refractivity contribution in [3.63, 3.8) is 0 Å². The number of amides is 2. The molecule has 0 spiro atoms. The number of carbonyl (C=O) groups excluding carboxylic acids is 2. The van der Waals surface area contributed by atoms with Crippen LogP contribution < -0.4 is 15.0 Å². The Morgan fingerprint density at radius 3 is 2.43 bits per heavy atom. The van der Waals surface area contributed by atoms with Crippen LogP contribution in [0, 0.1) is 25.2 Å². The molecule has 6 nitrogen and oxygen atoms in total. The summed E-state index contributed by atoms with van der Waals surface area (Å²) in [7, 11) is 1.49. The second kappa shape index (κ2) is 11.3. The van der Waals surface area contributed by atoms with Crippen LogP contribution in [0.4, 0.5) is 11.4 Å². The van der Waals surface area contributed by atoms with Crippen LogP contribution in [-0.4, -0.2) is 24.2 Å². The van der Waals surface area contributed by atoms with Crippen molar-refractivity contribution in [3.8, 4) is 11.8 Å². The van der Waals surface area contributed by atoms with Gasteiger partial charge in [-0.3, -0.25) is 14.5 Å². The van der Waals surface area contributed by atoms with Crippen LogP contribution in [0.3, 0.4) is 0 Å². The zero-order chi connectivity index (χ0) is 26.7. The number of aryl methyl sites for hydroxylation is 2. The van der Waals surface area contributed by atoms with Gasteiger partial charge in [-0.1, -0.05) is 53.2 Å². The minimum atomic E-state index is -0.636. The van der Waals surface area contributed by atoms with Crippen molar-refractivity contribution >= 4 is 58.2 Å². The predicted octanol–water partition coefficient (Wildman–Crippen LogP) is 6.68. The number of hydrogen-bond acceptors (Lipinski definition) is 5. The van der Waals surface area contributed by atoms with E-state index >= 15 is 0 Å². The number of rotatable bonds is 6. The second-order valence-electron chi connectivity index (χ2n) is 8.48. The number of para-hydroxylation sites is 2. The SMILES string of the molecule is COc1ccccc1NC(=O)/C(C#N)=C1\SC(Cc2cc(Cl)cc(Cl)c2)C(=O)N1c1ccc(C)c(C)c1. The van der Waals surface area contributed by atoms with E-state index in [9.17, 15) is 14.9 Å². The molecule has 37 heavy (non-hydrogen) atoms. The number of benzene rings is 3. The van der Waals surface area contributed by atoms with Crippen LogP contribution in [0.1, 0.15) is 16.7 Å². The molecule has 3 aromatic rings. The average molecular weight is 552 g/mol. The first kappa shape index (κ1) is 26.6. The number of methoxy groups -OCH3 is 1. The molecular weight excluding hydrogens is 529 g/mol. The molecule has 1 heterocycles. The number of nitrogens with zero attached hydrogens (tertiary/aromatic N) is 2. The Balaban J connectivity index is 1.77. The van der Waals surface area contributed by atoms with Crippen molar-refractivity contribution in [2.75, 3.05) is 17.3 Å². The van der Waals surface area contributed by atoms with E-state index in [4.69, 9.17) is 27.9 Å². The first-order valence-electron chi connectivity index (χ1n) is 11.3. The van der Waals surface area contributed by atoms with Gasteiger partial charge in [-0.2, -0.15) is 5.26 Å². The number of ether oxygens (including phenoxy) is 1. The van der Waals surface area contributed by atoms with E-state index in [1.807, 2.05) is 38.1 Å². The first-order chi connectivity index (χ1) is 17.7. The van der Waals surface area contributed by atoms with Gasteiger partial charge in [0.15, 0.2) is 0 Å². The topological polar surface area (TPSA) is 82.4 Å². The number of carbonyl (C=O) groups is 2. The first-order valence-corrected chi connectivity index (χ1v) is 13.0. The molecule has 0 saturated carbocycles. The molecule has 1 atom stereocenters. The Bertz CT molecular complexity index is 1450. The van der Waals surface area contributed by atoms with Crippen molar-refractivity contribution in [2.45, 2.75) is 25.5 Å². The summed E-state index contributed by atoms with van der Waals surface area (Å²) < 4.78 is 5.31. The molecule has 1 unspecified atom stereocenters. The van der Waals surface area contributed by atoms with Crippen molar-refractivity contribution in [1.29, 1.82) is 5.26 Å². The van der Waals surface area contributed by atoms with Crippen molar-refractivity contribution in [1.82, 2.24) is 0 Å². The van der Waals surface area contributed by atoms with Crippen LogP contribution >= 0.6 is 35.0 Å². The van der Waals surface area contributed by atoms with E-state index in [-0.39, 0.29) is 16.5 Å². The Hall–Kier alpha value is -3.44. The molecule has 188 valence electrons. The van der Waals surface area contributed by atoms with Gasteiger partial charge in [-0.15, -0.1) is 0 Å². The number of halogens is 2. The molecule has 4 rings (SSSR count). The van der Waals surface area contributed by atoms with E-state index in [0.29, 0.717) is 33.6 Å². The maximum atomic E-state index is 13.7. The average Bonchev–Trinajstić information content (AvgIpc) is 3.16. The molecule has 1 aliphatic heterocycles. The number of nitrogens with one attached hydrogen (secondary N) is 1. The summed E-state index contributed by atoms with van der Waals surface area (Å²) in [6.45, 7) is 3.92. The normalized spacial score (nSPS) is 16.4. The Labute approximate surface area is 229 Å². The summed E-state index contributed by atoms with van der Waals surface area (Å²) in [6.07, 6.45) is 0.321. The van der Waals surface area contributed by atoms with Crippen LogP contribution in [0.25, 0.3) is 0 Å². The van der Waals surface area contributed by atoms with Gasteiger partial charge < -0.3 is 10.1 Å². The number of thioether (sulfide) groups is 1. The number of nitriles is 1. The van der Waals surface area contributed by atoms with E-state index < -0.39 is 11.2 Å². The standard InChI is InChI=1S/C28H23Cl2N3O3S/c1-16-8-9-21(10-17(16)2)33-27(35)25(13-18-11-19(29)14-20(30)12-18)37-28(33)22(15-31)26(34)32-23-6-4-5-7-24(23)36-3/h4-12,14,25H,13H2,1-3H3,(H,32,34)/b28-22-. The third-order valence-electron chi connectivity index (χ3n) is 5.95. The fourth-order valence-corrected chi connectivity index (χ4v) is 5.84. The molecule has 1 N–H and O–H groups in total. The second-order valence-corrected chi connectivity index (χ2v) is 10.5. The van der Waals surface area contributed by atoms with Gasteiger partial charge in [0.1, 0.15) is 22.4 Å². The lowest BCUT2D eigenvalue weighted by Crippen LogP contribution is -2.31. The van der Waals surface area contributed by atoms with E-state index in [0.717, 1.165) is 16.7 Å². The molecule has 1 aliphatic rings. The maximum Gasteiger partial charge on any atom is 0.269 e. The lowest BCUT2D eigenvalue weighted by molar-refractivity contribution is -0.117. The lowest BCUT2D eigenvalue weighted by atomic mass is 10.1. The summed E-state index contributed by atoms with van der Waals surface area (Å²) in [5.41, 5.74) is 3.65. The van der Waals surface area contributed by atoms with Gasteiger partial charge in [-0.25, -0.2) is 0 Å². The largest absolute Gasteiger partial charge is 0.495 e. The summed E-state index contributed by atoms with van der Waals surface area (Å²) in [5.74, 6) is -0.421. The van der Waals surface area contributed by atoms with Crippen LogP contribution in [-0.2, 0) is 16.0 Å². The van der Waals surface area contributed by atoms with E-state index in [1.165, 1.54) is 23.8 Å². The van der Waals surface area contributed by atoms with Crippen molar-refractivity contribution < 1.29 is 14.3 Å². The quantitative estimate of drug-likeness (QED) is 0.272. The predicted molar refractivity (Wildman–Crippen MR) is 149 cm³/mol. The highest BCUT2D eigenvalue weighted by Gasteiger charge is 2.41. The minimum Gasteiger partial charge on any atom is -0.495 e. The van der Waals surface area contributed by atoms with Gasteiger partial charge in [0.05, 0.1) is 18.0 Å². The van der Waals surface area contributed by atoms with Gasteiger partial charge >= 0.3 is 0 Å². The van der Waals surface area contributed by atoms with Crippen molar-refractivity contribution in [2.24, 2.45) is 0 Å².